The van der Waals surface area contributed by atoms with Gasteiger partial charge in [0, 0.05) is 6.42 Å². The summed E-state index contributed by atoms with van der Waals surface area (Å²) in [7, 11) is 0. The molecule has 5 nitrogen and oxygen atoms in total. The highest BCUT2D eigenvalue weighted by molar-refractivity contribution is 7.13. The molecule has 1 unspecified atom stereocenters. The molecule has 0 saturated carbocycles. The normalized spacial score (nSPS) is 12.1. The fourth-order valence-electron chi connectivity index (χ4n) is 2.27. The SMILES string of the molecule is CC(CC(=O)NCc1nc(-c2cccs2)no1)c1ccc(F)cc1. The van der Waals surface area contributed by atoms with Crippen LogP contribution in [-0.4, -0.2) is 16.0 Å². The third-order valence-corrected chi connectivity index (χ3v) is 4.44. The Balaban J connectivity index is 1.51. The maximum Gasteiger partial charge on any atom is 0.246 e. The summed E-state index contributed by atoms with van der Waals surface area (Å²) in [6.45, 7) is 2.11. The van der Waals surface area contributed by atoms with Gasteiger partial charge in [-0.1, -0.05) is 30.3 Å². The number of carbonyl (C=O) groups is 1. The van der Waals surface area contributed by atoms with Crippen LogP contribution in [0.25, 0.3) is 10.7 Å². The summed E-state index contributed by atoms with van der Waals surface area (Å²) in [5, 5.41) is 8.59. The largest absolute Gasteiger partial charge is 0.347 e. The highest BCUT2D eigenvalue weighted by atomic mass is 32.1. The van der Waals surface area contributed by atoms with E-state index in [1.807, 2.05) is 24.4 Å². The number of aromatic nitrogens is 2. The summed E-state index contributed by atoms with van der Waals surface area (Å²) in [4.78, 5) is 17.2. The van der Waals surface area contributed by atoms with Gasteiger partial charge in [0.05, 0.1) is 11.4 Å². The van der Waals surface area contributed by atoms with Gasteiger partial charge < -0.3 is 9.84 Å². The summed E-state index contributed by atoms with van der Waals surface area (Å²) in [6, 6.07) is 10.00. The van der Waals surface area contributed by atoms with E-state index in [0.717, 1.165) is 10.4 Å². The minimum Gasteiger partial charge on any atom is -0.347 e. The van der Waals surface area contributed by atoms with E-state index in [4.69, 9.17) is 4.52 Å². The van der Waals surface area contributed by atoms with Crippen LogP contribution in [0, 0.1) is 5.82 Å². The van der Waals surface area contributed by atoms with Crippen molar-refractivity contribution in [2.45, 2.75) is 25.8 Å². The average molecular weight is 345 g/mol. The van der Waals surface area contributed by atoms with Gasteiger partial charge >= 0.3 is 0 Å². The van der Waals surface area contributed by atoms with Crippen LogP contribution in [0.4, 0.5) is 4.39 Å². The molecule has 3 aromatic rings. The van der Waals surface area contributed by atoms with Gasteiger partial charge in [0.1, 0.15) is 5.82 Å². The number of hydrogen-bond acceptors (Lipinski definition) is 5. The van der Waals surface area contributed by atoms with Gasteiger partial charge in [0.15, 0.2) is 0 Å². The zero-order valence-corrected chi connectivity index (χ0v) is 13.8. The lowest BCUT2D eigenvalue weighted by Gasteiger charge is -2.11. The van der Waals surface area contributed by atoms with Crippen LogP contribution in [0.3, 0.4) is 0 Å². The predicted molar refractivity (Wildman–Crippen MR) is 88.9 cm³/mol. The summed E-state index contributed by atoms with van der Waals surface area (Å²) >= 11 is 1.52. The standard InChI is InChI=1S/C17H16FN3O2S/c1-11(12-4-6-13(18)7-5-12)9-15(22)19-10-16-20-17(21-23-16)14-3-2-8-24-14/h2-8,11H,9-10H2,1H3,(H,19,22). The van der Waals surface area contributed by atoms with E-state index in [-0.39, 0.29) is 24.2 Å². The summed E-state index contributed by atoms with van der Waals surface area (Å²) in [6.07, 6.45) is 0.303. The molecule has 1 N–H and O–H groups in total. The monoisotopic (exact) mass is 345 g/mol. The first-order chi connectivity index (χ1) is 11.6. The van der Waals surface area contributed by atoms with E-state index < -0.39 is 0 Å². The van der Waals surface area contributed by atoms with Gasteiger partial charge in [-0.25, -0.2) is 4.39 Å². The number of thiophene rings is 1. The van der Waals surface area contributed by atoms with Gasteiger partial charge in [-0.05, 0) is 35.1 Å². The number of benzene rings is 1. The van der Waals surface area contributed by atoms with Crippen LogP contribution in [-0.2, 0) is 11.3 Å². The van der Waals surface area contributed by atoms with Crippen LogP contribution in [0.2, 0.25) is 0 Å². The topological polar surface area (TPSA) is 68.0 Å². The van der Waals surface area contributed by atoms with Crippen molar-refractivity contribution >= 4 is 17.2 Å². The Bertz CT molecular complexity index is 800. The minimum atomic E-state index is -0.284. The lowest BCUT2D eigenvalue weighted by molar-refractivity contribution is -0.121. The molecule has 1 atom stereocenters. The number of hydrogen-bond donors (Lipinski definition) is 1. The second-order valence-corrected chi connectivity index (χ2v) is 6.37. The third kappa shape index (κ3) is 4.05. The number of nitrogens with zero attached hydrogens (tertiary/aromatic N) is 2. The highest BCUT2D eigenvalue weighted by Gasteiger charge is 2.13. The first-order valence-electron chi connectivity index (χ1n) is 7.50. The molecule has 0 saturated heterocycles. The van der Waals surface area contributed by atoms with Crippen molar-refractivity contribution in [2.75, 3.05) is 0 Å². The fraction of sp³-hybridized carbons (Fsp3) is 0.235. The number of rotatable bonds is 6. The first-order valence-corrected chi connectivity index (χ1v) is 8.38. The lowest BCUT2D eigenvalue weighted by Crippen LogP contribution is -2.24. The zero-order valence-electron chi connectivity index (χ0n) is 13.0. The Labute approximate surface area is 142 Å². The maximum atomic E-state index is 12.9. The average Bonchev–Trinajstić information content (AvgIpc) is 3.25. The van der Waals surface area contributed by atoms with E-state index in [1.54, 1.807) is 12.1 Å². The molecule has 1 amide bonds. The Morgan fingerprint density at radius 1 is 1.33 bits per heavy atom. The molecule has 124 valence electrons. The third-order valence-electron chi connectivity index (χ3n) is 3.58. The molecule has 0 aliphatic heterocycles. The second-order valence-electron chi connectivity index (χ2n) is 5.42. The summed E-state index contributed by atoms with van der Waals surface area (Å²) < 4.78 is 18.1. The van der Waals surface area contributed by atoms with E-state index in [2.05, 4.69) is 15.5 Å². The van der Waals surface area contributed by atoms with E-state index in [0.29, 0.717) is 18.1 Å². The predicted octanol–water partition coefficient (Wildman–Crippen LogP) is 3.75. The molecule has 24 heavy (non-hydrogen) atoms. The lowest BCUT2D eigenvalue weighted by atomic mass is 9.97. The Morgan fingerprint density at radius 2 is 2.12 bits per heavy atom. The molecule has 0 bridgehead atoms. The molecule has 0 fully saturated rings. The van der Waals surface area contributed by atoms with Crippen molar-refractivity contribution in [3.8, 4) is 10.7 Å². The smallest absolute Gasteiger partial charge is 0.246 e. The van der Waals surface area contributed by atoms with Crippen LogP contribution >= 0.6 is 11.3 Å². The van der Waals surface area contributed by atoms with Crippen molar-refractivity contribution in [3.63, 3.8) is 0 Å². The maximum absolute atomic E-state index is 12.9. The number of halogens is 1. The quantitative estimate of drug-likeness (QED) is 0.739. The van der Waals surface area contributed by atoms with Crippen molar-refractivity contribution in [3.05, 3.63) is 59.0 Å². The van der Waals surface area contributed by atoms with Crippen LogP contribution in [0.1, 0.15) is 30.7 Å². The van der Waals surface area contributed by atoms with Crippen LogP contribution < -0.4 is 5.32 Å². The summed E-state index contributed by atoms with van der Waals surface area (Å²) in [5.41, 5.74) is 0.921. The number of amides is 1. The summed E-state index contributed by atoms with van der Waals surface area (Å²) in [5.74, 6) is 0.473. The molecule has 0 aliphatic rings. The van der Waals surface area contributed by atoms with Crippen molar-refractivity contribution in [2.24, 2.45) is 0 Å². The second kappa shape index (κ2) is 7.35. The molecule has 2 aromatic heterocycles. The van der Waals surface area contributed by atoms with Gasteiger partial charge in [0.25, 0.3) is 0 Å². The van der Waals surface area contributed by atoms with Crippen molar-refractivity contribution in [1.82, 2.24) is 15.5 Å². The molecule has 3 rings (SSSR count). The van der Waals surface area contributed by atoms with Crippen LogP contribution in [0.5, 0.6) is 0 Å². The number of carbonyl (C=O) groups excluding carboxylic acids is 1. The molecular formula is C17H16FN3O2S. The Kier molecular flexibility index (Phi) is 5.00. The van der Waals surface area contributed by atoms with E-state index >= 15 is 0 Å². The first kappa shape index (κ1) is 16.3. The Hall–Kier alpha value is -2.54. The van der Waals surface area contributed by atoms with Crippen molar-refractivity contribution in [1.29, 1.82) is 0 Å². The molecule has 0 radical (unpaired) electrons. The molecule has 2 heterocycles. The molecule has 0 aliphatic carbocycles. The molecule has 7 heteroatoms. The zero-order chi connectivity index (χ0) is 16.9. The van der Waals surface area contributed by atoms with Gasteiger partial charge in [-0.15, -0.1) is 11.3 Å². The van der Waals surface area contributed by atoms with Gasteiger partial charge in [-0.3, -0.25) is 4.79 Å². The minimum absolute atomic E-state index is 0.00466. The highest BCUT2D eigenvalue weighted by Crippen LogP contribution is 2.21. The Morgan fingerprint density at radius 3 is 2.83 bits per heavy atom. The van der Waals surface area contributed by atoms with E-state index in [1.165, 1.54) is 23.5 Å². The molecular weight excluding hydrogens is 329 g/mol. The van der Waals surface area contributed by atoms with E-state index in [9.17, 15) is 9.18 Å². The molecule has 1 aromatic carbocycles. The molecule has 0 spiro atoms. The van der Waals surface area contributed by atoms with Crippen molar-refractivity contribution < 1.29 is 13.7 Å². The number of nitrogens with one attached hydrogen (secondary N) is 1. The van der Waals surface area contributed by atoms with Gasteiger partial charge in [0.2, 0.25) is 17.6 Å². The fourth-order valence-corrected chi connectivity index (χ4v) is 2.92. The van der Waals surface area contributed by atoms with Gasteiger partial charge in [-0.2, -0.15) is 4.98 Å². The van der Waals surface area contributed by atoms with Crippen LogP contribution in [0.15, 0.2) is 46.3 Å².